The van der Waals surface area contributed by atoms with E-state index in [1.807, 2.05) is 42.5 Å². The molecule has 5 nitrogen and oxygen atoms in total. The van der Waals surface area contributed by atoms with Crippen molar-refractivity contribution < 1.29 is 4.42 Å². The molecular formula is C51H32N4O. The van der Waals surface area contributed by atoms with Crippen LogP contribution in [-0.2, 0) is 0 Å². The number of aromatic nitrogens is 4. The number of benzene rings is 7. The zero-order valence-corrected chi connectivity index (χ0v) is 30.2. The van der Waals surface area contributed by atoms with Crippen molar-refractivity contribution in [2.75, 3.05) is 0 Å². The second kappa shape index (κ2) is 13.0. The van der Waals surface area contributed by atoms with E-state index in [4.69, 9.17) is 19.5 Å². The Bertz CT molecular complexity index is 3240. The molecule has 262 valence electrons. The summed E-state index contributed by atoms with van der Waals surface area (Å²) in [5.41, 5.74) is 13.5. The van der Waals surface area contributed by atoms with Crippen LogP contribution in [0.2, 0.25) is 0 Å². The third-order valence-electron chi connectivity index (χ3n) is 10.6. The Hall–Kier alpha value is -7.63. The van der Waals surface area contributed by atoms with Crippen LogP contribution in [0.5, 0.6) is 0 Å². The van der Waals surface area contributed by atoms with Crippen LogP contribution in [0.1, 0.15) is 0 Å². The lowest BCUT2D eigenvalue weighted by Gasteiger charge is -2.12. The maximum absolute atomic E-state index is 6.29. The quantitative estimate of drug-likeness (QED) is 0.172. The minimum absolute atomic E-state index is 0.633. The van der Waals surface area contributed by atoms with Crippen LogP contribution >= 0.6 is 0 Å². The molecule has 0 amide bonds. The molecule has 11 rings (SSSR count). The van der Waals surface area contributed by atoms with E-state index >= 15 is 0 Å². The Balaban J connectivity index is 1.14. The Morgan fingerprint density at radius 2 is 1.00 bits per heavy atom. The number of fused-ring (bicyclic) bond motifs is 6. The molecule has 0 fully saturated rings. The summed E-state index contributed by atoms with van der Waals surface area (Å²) in [6, 6.07) is 67.3. The molecule has 0 atom stereocenters. The van der Waals surface area contributed by atoms with Crippen LogP contribution in [0.3, 0.4) is 0 Å². The molecule has 0 saturated carbocycles. The van der Waals surface area contributed by atoms with E-state index in [9.17, 15) is 0 Å². The lowest BCUT2D eigenvalue weighted by Crippen LogP contribution is -1.96. The van der Waals surface area contributed by atoms with Crippen molar-refractivity contribution in [3.05, 3.63) is 194 Å². The second-order valence-corrected chi connectivity index (χ2v) is 14.1. The molecule has 0 N–H and O–H groups in total. The summed E-state index contributed by atoms with van der Waals surface area (Å²) < 4.78 is 8.42. The SMILES string of the molecule is c1ccc(-c2cc(-c3cccc(-c4c(-c5ccccc5)nn5c(-c6ccccc6)cc6ccccc6c45)c3)nc(-c3ccc4c(c3)oc3ccccc34)n2)cc1. The lowest BCUT2D eigenvalue weighted by atomic mass is 9.95. The summed E-state index contributed by atoms with van der Waals surface area (Å²) in [6.45, 7) is 0. The maximum Gasteiger partial charge on any atom is 0.160 e. The van der Waals surface area contributed by atoms with Gasteiger partial charge in [-0.05, 0) is 47.3 Å². The Morgan fingerprint density at radius 1 is 0.393 bits per heavy atom. The first-order chi connectivity index (χ1) is 27.7. The van der Waals surface area contributed by atoms with Crippen LogP contribution < -0.4 is 0 Å². The number of nitrogens with zero attached hydrogens (tertiary/aromatic N) is 4. The second-order valence-electron chi connectivity index (χ2n) is 14.1. The Labute approximate surface area is 322 Å². The highest BCUT2D eigenvalue weighted by Gasteiger charge is 2.22. The molecule has 5 heteroatoms. The van der Waals surface area contributed by atoms with Gasteiger partial charge in [-0.15, -0.1) is 0 Å². The van der Waals surface area contributed by atoms with Gasteiger partial charge in [0.2, 0.25) is 0 Å². The molecule has 4 heterocycles. The molecule has 11 aromatic rings. The first-order valence-corrected chi connectivity index (χ1v) is 18.8. The van der Waals surface area contributed by atoms with Crippen molar-refractivity contribution in [2.45, 2.75) is 0 Å². The molecule has 56 heavy (non-hydrogen) atoms. The smallest absolute Gasteiger partial charge is 0.160 e. The largest absolute Gasteiger partial charge is 0.456 e. The Kier molecular flexibility index (Phi) is 7.42. The first-order valence-electron chi connectivity index (χ1n) is 18.8. The van der Waals surface area contributed by atoms with Crippen LogP contribution in [0.25, 0.3) is 106 Å². The fourth-order valence-corrected chi connectivity index (χ4v) is 7.95. The highest BCUT2D eigenvalue weighted by atomic mass is 16.3. The maximum atomic E-state index is 6.29. The molecule has 0 unspecified atom stereocenters. The molecule has 7 aromatic carbocycles. The zero-order valence-electron chi connectivity index (χ0n) is 30.2. The molecular weight excluding hydrogens is 685 g/mol. The molecule has 0 bridgehead atoms. The van der Waals surface area contributed by atoms with Gasteiger partial charge in [-0.25, -0.2) is 14.5 Å². The number of hydrogen-bond acceptors (Lipinski definition) is 4. The van der Waals surface area contributed by atoms with Crippen molar-refractivity contribution in [3.63, 3.8) is 0 Å². The van der Waals surface area contributed by atoms with Crippen LogP contribution in [-0.4, -0.2) is 19.6 Å². The normalized spacial score (nSPS) is 11.6. The van der Waals surface area contributed by atoms with Crippen LogP contribution in [0.15, 0.2) is 199 Å². The van der Waals surface area contributed by atoms with E-state index in [1.54, 1.807) is 0 Å². The van der Waals surface area contributed by atoms with Gasteiger partial charge in [-0.3, -0.25) is 0 Å². The van der Waals surface area contributed by atoms with E-state index in [2.05, 4.69) is 156 Å². The third kappa shape index (κ3) is 5.37. The van der Waals surface area contributed by atoms with Gasteiger partial charge < -0.3 is 4.42 Å². The van der Waals surface area contributed by atoms with Crippen LogP contribution in [0, 0.1) is 0 Å². The predicted molar refractivity (Wildman–Crippen MR) is 228 cm³/mol. The minimum Gasteiger partial charge on any atom is -0.456 e. The summed E-state index contributed by atoms with van der Waals surface area (Å²) in [6.07, 6.45) is 0. The van der Waals surface area contributed by atoms with Crippen molar-refractivity contribution in [1.82, 2.24) is 19.6 Å². The Morgan fingerprint density at radius 3 is 1.79 bits per heavy atom. The number of pyridine rings is 1. The van der Waals surface area contributed by atoms with Gasteiger partial charge in [0.1, 0.15) is 16.9 Å². The van der Waals surface area contributed by atoms with Gasteiger partial charge >= 0.3 is 0 Å². The number of furan rings is 1. The van der Waals surface area contributed by atoms with Gasteiger partial charge in [-0.2, -0.15) is 5.10 Å². The van der Waals surface area contributed by atoms with Crippen molar-refractivity contribution in [2.24, 2.45) is 0 Å². The van der Waals surface area contributed by atoms with Gasteiger partial charge in [-0.1, -0.05) is 158 Å². The topological polar surface area (TPSA) is 56.2 Å². The minimum atomic E-state index is 0.633. The molecule has 0 radical (unpaired) electrons. The molecule has 0 aliphatic heterocycles. The number of rotatable bonds is 6. The van der Waals surface area contributed by atoms with Crippen molar-refractivity contribution >= 4 is 38.2 Å². The average Bonchev–Trinajstić information content (AvgIpc) is 3.86. The molecule has 4 aromatic heterocycles. The van der Waals surface area contributed by atoms with E-state index < -0.39 is 0 Å². The van der Waals surface area contributed by atoms with E-state index in [-0.39, 0.29) is 0 Å². The predicted octanol–water partition coefficient (Wildman–Crippen LogP) is 13.2. The summed E-state index contributed by atoms with van der Waals surface area (Å²) >= 11 is 0. The summed E-state index contributed by atoms with van der Waals surface area (Å²) in [5.74, 6) is 0.633. The fourth-order valence-electron chi connectivity index (χ4n) is 7.95. The van der Waals surface area contributed by atoms with Crippen molar-refractivity contribution in [3.8, 4) is 67.5 Å². The van der Waals surface area contributed by atoms with Gasteiger partial charge in [0.25, 0.3) is 0 Å². The molecule has 0 aliphatic carbocycles. The molecule has 0 aliphatic rings. The highest BCUT2D eigenvalue weighted by molar-refractivity contribution is 6.09. The zero-order chi connectivity index (χ0) is 37.0. The molecule has 0 spiro atoms. The summed E-state index contributed by atoms with van der Waals surface area (Å²) in [5, 5.41) is 9.88. The van der Waals surface area contributed by atoms with Crippen molar-refractivity contribution in [1.29, 1.82) is 0 Å². The number of hydrogen-bond donors (Lipinski definition) is 0. The van der Waals surface area contributed by atoms with Gasteiger partial charge in [0, 0.05) is 49.5 Å². The van der Waals surface area contributed by atoms with Crippen LogP contribution in [0.4, 0.5) is 0 Å². The molecule has 0 saturated heterocycles. The van der Waals surface area contributed by atoms with Gasteiger partial charge in [0.15, 0.2) is 5.82 Å². The average molecular weight is 717 g/mol. The lowest BCUT2D eigenvalue weighted by molar-refractivity contribution is 0.669. The number of para-hydroxylation sites is 1. The van der Waals surface area contributed by atoms with Gasteiger partial charge in [0.05, 0.1) is 22.6 Å². The van der Waals surface area contributed by atoms with E-state index in [0.29, 0.717) is 5.82 Å². The van der Waals surface area contributed by atoms with E-state index in [0.717, 1.165) is 99.9 Å². The van der Waals surface area contributed by atoms with E-state index in [1.165, 1.54) is 0 Å². The monoisotopic (exact) mass is 716 g/mol. The standard InChI is InChI=1S/C51H32N4O/c1-4-15-33(16-5-1)43-32-44(53-51(52-43)39-27-28-42-41-25-12-13-26-46(41)56-47(42)31-39)37-22-14-23-38(29-37)48-49(35-19-8-3-9-20-35)54-55-45(34-17-6-2-7-18-34)30-36-21-10-11-24-40(36)50(48)55/h1-32H. The summed E-state index contributed by atoms with van der Waals surface area (Å²) in [7, 11) is 0. The summed E-state index contributed by atoms with van der Waals surface area (Å²) in [4.78, 5) is 10.4. The first kappa shape index (κ1) is 31.9. The third-order valence-corrected chi connectivity index (χ3v) is 10.6. The highest BCUT2D eigenvalue weighted by Crippen LogP contribution is 2.42. The fraction of sp³-hybridized carbons (Fsp3) is 0.